The van der Waals surface area contributed by atoms with Gasteiger partial charge in [0.05, 0.1) is 36.5 Å². The number of nitriles is 2. The van der Waals surface area contributed by atoms with Gasteiger partial charge in [-0.15, -0.1) is 0 Å². The summed E-state index contributed by atoms with van der Waals surface area (Å²) in [7, 11) is 0. The third kappa shape index (κ3) is 4.58. The molecule has 0 heterocycles. The molecule has 0 aromatic rings. The van der Waals surface area contributed by atoms with Crippen LogP contribution < -0.4 is 0 Å². The van der Waals surface area contributed by atoms with Gasteiger partial charge < -0.3 is 4.74 Å². The van der Waals surface area contributed by atoms with Crippen molar-refractivity contribution in [3.8, 4) is 12.1 Å². The van der Waals surface area contributed by atoms with Gasteiger partial charge in [-0.05, 0) is 5.41 Å². The Morgan fingerprint density at radius 2 is 1.87 bits per heavy atom. The minimum absolute atomic E-state index is 0.000579. The zero-order valence-electron chi connectivity index (χ0n) is 9.30. The summed E-state index contributed by atoms with van der Waals surface area (Å²) < 4.78 is 16.7. The van der Waals surface area contributed by atoms with E-state index in [9.17, 15) is 4.39 Å². The smallest absolute Gasteiger partial charge is 0.113 e. The van der Waals surface area contributed by atoms with Crippen LogP contribution in [0.5, 0.6) is 0 Å². The fraction of sp³-hybridized carbons (Fsp3) is 0.636. The first-order chi connectivity index (χ1) is 6.97. The number of halogens is 1. The van der Waals surface area contributed by atoms with Crippen LogP contribution in [0.15, 0.2) is 11.1 Å². The normalized spacial score (nSPS) is 12.7. The van der Waals surface area contributed by atoms with Crippen molar-refractivity contribution in [3.63, 3.8) is 0 Å². The third-order valence-electron chi connectivity index (χ3n) is 1.77. The van der Waals surface area contributed by atoms with Gasteiger partial charge in [-0.1, -0.05) is 20.8 Å². The number of hydrogen-bond acceptors (Lipinski definition) is 3. The van der Waals surface area contributed by atoms with Crippen molar-refractivity contribution < 1.29 is 9.13 Å². The minimum Gasteiger partial charge on any atom is -0.373 e. The molecular formula is C11H15FN2O. The molecule has 0 saturated carbocycles. The van der Waals surface area contributed by atoms with E-state index < -0.39 is 6.67 Å². The Bertz CT molecular complexity index is 315. The van der Waals surface area contributed by atoms with E-state index in [0.717, 1.165) is 0 Å². The lowest BCUT2D eigenvalue weighted by Gasteiger charge is -2.18. The van der Waals surface area contributed by atoms with Crippen molar-refractivity contribution in [2.24, 2.45) is 5.41 Å². The van der Waals surface area contributed by atoms with Crippen LogP contribution in [0.3, 0.4) is 0 Å². The Morgan fingerprint density at radius 1 is 1.27 bits per heavy atom. The van der Waals surface area contributed by atoms with E-state index in [1.165, 1.54) is 0 Å². The van der Waals surface area contributed by atoms with Crippen LogP contribution in [-0.2, 0) is 4.74 Å². The Balaban J connectivity index is 4.81. The van der Waals surface area contributed by atoms with Crippen molar-refractivity contribution >= 4 is 0 Å². The zero-order chi connectivity index (χ0) is 11.9. The summed E-state index contributed by atoms with van der Waals surface area (Å²) in [5.41, 5.74) is 0.279. The molecule has 15 heavy (non-hydrogen) atoms. The predicted molar refractivity (Wildman–Crippen MR) is 54.5 cm³/mol. The number of alkyl halides is 1. The summed E-state index contributed by atoms with van der Waals surface area (Å²) in [6.45, 7) is 4.90. The fourth-order valence-corrected chi connectivity index (χ4v) is 1.08. The molecule has 0 radical (unpaired) electrons. The molecule has 0 unspecified atom stereocenters. The van der Waals surface area contributed by atoms with Crippen LogP contribution >= 0.6 is 0 Å². The molecule has 0 rings (SSSR count). The van der Waals surface area contributed by atoms with E-state index in [2.05, 4.69) is 0 Å². The Labute approximate surface area is 89.8 Å². The lowest BCUT2D eigenvalue weighted by Crippen LogP contribution is -2.13. The molecule has 0 aromatic carbocycles. The SMILES string of the molecule is CC(C)(C)/C(C#N)=C(/C#N)COCCF. The minimum atomic E-state index is -0.587. The lowest BCUT2D eigenvalue weighted by atomic mass is 9.84. The van der Waals surface area contributed by atoms with E-state index in [-0.39, 0.29) is 24.2 Å². The second-order valence-electron chi connectivity index (χ2n) is 4.07. The average molecular weight is 210 g/mol. The van der Waals surface area contributed by atoms with Crippen LogP contribution in [0.2, 0.25) is 0 Å². The van der Waals surface area contributed by atoms with Crippen LogP contribution in [0.25, 0.3) is 0 Å². The van der Waals surface area contributed by atoms with Crippen molar-refractivity contribution in [1.29, 1.82) is 10.5 Å². The summed E-state index contributed by atoms with van der Waals surface area (Å²) in [4.78, 5) is 0. The van der Waals surface area contributed by atoms with Gasteiger partial charge in [0.25, 0.3) is 0 Å². The number of rotatable bonds is 4. The van der Waals surface area contributed by atoms with E-state index in [1.54, 1.807) is 0 Å². The van der Waals surface area contributed by atoms with Crippen LogP contribution in [0, 0.1) is 28.1 Å². The van der Waals surface area contributed by atoms with Gasteiger partial charge in [-0.3, -0.25) is 0 Å². The first kappa shape index (κ1) is 13.6. The topological polar surface area (TPSA) is 56.8 Å². The maximum atomic E-state index is 11.8. The highest BCUT2D eigenvalue weighted by atomic mass is 19.1. The molecule has 0 aromatic heterocycles. The highest BCUT2D eigenvalue weighted by molar-refractivity contribution is 5.40. The summed E-state index contributed by atoms with van der Waals surface area (Å²) in [6.07, 6.45) is 0. The third-order valence-corrected chi connectivity index (χ3v) is 1.77. The fourth-order valence-electron chi connectivity index (χ4n) is 1.08. The van der Waals surface area contributed by atoms with Gasteiger partial charge in [-0.2, -0.15) is 10.5 Å². The average Bonchev–Trinajstić information content (AvgIpc) is 2.14. The van der Waals surface area contributed by atoms with Gasteiger partial charge in [0, 0.05) is 0 Å². The molecule has 0 spiro atoms. The number of allylic oxidation sites excluding steroid dienone is 1. The molecular weight excluding hydrogens is 195 g/mol. The summed E-state index contributed by atoms with van der Waals surface area (Å²) >= 11 is 0. The molecule has 0 bridgehead atoms. The molecule has 0 N–H and O–H groups in total. The van der Waals surface area contributed by atoms with Gasteiger partial charge >= 0.3 is 0 Å². The lowest BCUT2D eigenvalue weighted by molar-refractivity contribution is 0.139. The quantitative estimate of drug-likeness (QED) is 0.528. The van der Waals surface area contributed by atoms with Gasteiger partial charge in [-0.25, -0.2) is 4.39 Å². The van der Waals surface area contributed by atoms with Crippen molar-refractivity contribution in [2.45, 2.75) is 20.8 Å². The Hall–Kier alpha value is -1.39. The molecule has 0 fully saturated rings. The molecule has 0 saturated heterocycles. The first-order valence-electron chi connectivity index (χ1n) is 4.65. The van der Waals surface area contributed by atoms with Gasteiger partial charge in [0.1, 0.15) is 6.67 Å². The van der Waals surface area contributed by atoms with E-state index in [1.807, 2.05) is 32.9 Å². The molecule has 0 aliphatic carbocycles. The molecule has 3 nitrogen and oxygen atoms in total. The van der Waals surface area contributed by atoms with Gasteiger partial charge in [0.2, 0.25) is 0 Å². The number of hydrogen-bond donors (Lipinski definition) is 0. The first-order valence-corrected chi connectivity index (χ1v) is 4.65. The highest BCUT2D eigenvalue weighted by Crippen LogP contribution is 2.27. The summed E-state index contributed by atoms with van der Waals surface area (Å²) in [5.74, 6) is 0. The zero-order valence-corrected chi connectivity index (χ0v) is 9.30. The molecule has 82 valence electrons. The monoisotopic (exact) mass is 210 g/mol. The largest absolute Gasteiger partial charge is 0.373 e. The number of ether oxygens (including phenoxy) is 1. The molecule has 0 atom stereocenters. The Morgan fingerprint density at radius 3 is 2.20 bits per heavy atom. The highest BCUT2D eigenvalue weighted by Gasteiger charge is 2.21. The van der Waals surface area contributed by atoms with Crippen LogP contribution in [0.1, 0.15) is 20.8 Å². The molecule has 4 heteroatoms. The van der Waals surface area contributed by atoms with Crippen molar-refractivity contribution in [3.05, 3.63) is 11.1 Å². The van der Waals surface area contributed by atoms with Crippen LogP contribution in [-0.4, -0.2) is 19.9 Å². The van der Waals surface area contributed by atoms with E-state index >= 15 is 0 Å². The van der Waals surface area contributed by atoms with E-state index in [0.29, 0.717) is 5.57 Å². The second-order valence-corrected chi connectivity index (χ2v) is 4.07. The van der Waals surface area contributed by atoms with E-state index in [4.69, 9.17) is 15.3 Å². The maximum absolute atomic E-state index is 11.8. The number of nitrogens with zero attached hydrogens (tertiary/aromatic N) is 2. The maximum Gasteiger partial charge on any atom is 0.113 e. The van der Waals surface area contributed by atoms with Gasteiger partial charge in [0.15, 0.2) is 0 Å². The predicted octanol–water partition coefficient (Wildman–Crippen LogP) is 2.36. The molecule has 0 aliphatic heterocycles. The van der Waals surface area contributed by atoms with Crippen LogP contribution in [0.4, 0.5) is 4.39 Å². The Kier molecular flexibility index (Phi) is 5.59. The summed E-state index contributed by atoms with van der Waals surface area (Å²) in [5, 5.41) is 17.8. The van der Waals surface area contributed by atoms with Crippen molar-refractivity contribution in [2.75, 3.05) is 19.9 Å². The summed E-state index contributed by atoms with van der Waals surface area (Å²) in [6, 6.07) is 3.93. The standard InChI is InChI=1S/C11H15FN2O/c1-11(2,3)10(7-14)9(6-13)8-15-5-4-12/h4-5,8H2,1-3H3/b10-9-. The molecule has 0 aliphatic rings. The molecule has 0 amide bonds. The van der Waals surface area contributed by atoms with Crippen molar-refractivity contribution in [1.82, 2.24) is 0 Å². The second kappa shape index (κ2) is 6.16.